The van der Waals surface area contributed by atoms with Crippen LogP contribution in [0.15, 0.2) is 105 Å². The van der Waals surface area contributed by atoms with Crippen molar-refractivity contribution in [2.24, 2.45) is 4.99 Å². The first-order valence-electron chi connectivity index (χ1n) is 11.4. The zero-order chi connectivity index (χ0) is 25.8. The molecular formula is C29H21ClN2O4S. The summed E-state index contributed by atoms with van der Waals surface area (Å²) in [6.07, 6.45) is 1.69. The maximum absolute atomic E-state index is 13.4. The van der Waals surface area contributed by atoms with Crippen LogP contribution in [0.2, 0.25) is 5.02 Å². The number of benzene rings is 3. The lowest BCUT2D eigenvalue weighted by Crippen LogP contribution is -2.28. The molecule has 0 spiro atoms. The summed E-state index contributed by atoms with van der Waals surface area (Å²) in [5.41, 5.74) is 2.63. The molecule has 4 aromatic rings. The van der Waals surface area contributed by atoms with Gasteiger partial charge in [-0.25, -0.2) is 4.79 Å². The Balaban J connectivity index is 1.42. The second-order valence-electron chi connectivity index (χ2n) is 8.27. The van der Waals surface area contributed by atoms with Gasteiger partial charge in [0.1, 0.15) is 11.5 Å². The molecule has 0 atom stereocenters. The molecule has 1 aliphatic heterocycles. The third kappa shape index (κ3) is 5.69. The molecule has 0 saturated carbocycles. The van der Waals surface area contributed by atoms with E-state index < -0.39 is 5.97 Å². The van der Waals surface area contributed by atoms with Gasteiger partial charge >= 0.3 is 5.97 Å². The maximum Gasteiger partial charge on any atom is 0.337 e. The van der Waals surface area contributed by atoms with E-state index in [0.717, 1.165) is 11.1 Å². The number of carboxylic acids is 1. The molecular weight excluding hydrogens is 508 g/mol. The van der Waals surface area contributed by atoms with E-state index in [1.807, 2.05) is 60.7 Å². The highest BCUT2D eigenvalue weighted by molar-refractivity contribution is 8.18. The van der Waals surface area contributed by atoms with Gasteiger partial charge in [-0.15, -0.1) is 0 Å². The molecule has 1 aromatic heterocycles. The lowest BCUT2D eigenvalue weighted by atomic mass is 10.1. The Labute approximate surface area is 222 Å². The second kappa shape index (κ2) is 10.9. The normalized spacial score (nSPS) is 15.6. The first-order valence-corrected chi connectivity index (χ1v) is 12.6. The zero-order valence-electron chi connectivity index (χ0n) is 19.5. The highest BCUT2D eigenvalue weighted by atomic mass is 35.5. The molecule has 1 N–H and O–H groups in total. The van der Waals surface area contributed by atoms with Crippen LogP contribution in [-0.4, -0.2) is 27.1 Å². The first kappa shape index (κ1) is 24.6. The SMILES string of the molecule is O=C(O)c1cc(-c2ccc(/C=C3/SC(=NCc4ccccc4)N(Cc4ccccc4)C3=O)o2)ccc1Cl. The van der Waals surface area contributed by atoms with Gasteiger partial charge in [-0.05, 0) is 53.2 Å². The number of amidine groups is 1. The molecule has 0 unspecified atom stereocenters. The summed E-state index contributed by atoms with van der Waals surface area (Å²) in [4.78, 5) is 31.8. The number of aliphatic imine (C=N–C) groups is 1. The van der Waals surface area contributed by atoms with Crippen molar-refractivity contribution in [3.63, 3.8) is 0 Å². The number of carbonyl (C=O) groups is 2. The van der Waals surface area contributed by atoms with Gasteiger partial charge in [0.2, 0.25) is 0 Å². The Morgan fingerprint density at radius 1 is 0.973 bits per heavy atom. The summed E-state index contributed by atoms with van der Waals surface area (Å²) in [6, 6.07) is 27.8. The minimum Gasteiger partial charge on any atom is -0.478 e. The molecule has 1 amide bonds. The third-order valence-corrected chi connectivity index (χ3v) is 7.07. The highest BCUT2D eigenvalue weighted by Gasteiger charge is 2.33. The number of aromatic carboxylic acids is 1. The van der Waals surface area contributed by atoms with Gasteiger partial charge in [-0.1, -0.05) is 72.3 Å². The number of rotatable bonds is 7. The number of hydrogen-bond donors (Lipinski definition) is 1. The van der Waals surface area contributed by atoms with E-state index in [0.29, 0.717) is 40.2 Å². The van der Waals surface area contributed by atoms with Crippen LogP contribution < -0.4 is 0 Å². The van der Waals surface area contributed by atoms with Crippen LogP contribution in [0.3, 0.4) is 0 Å². The van der Waals surface area contributed by atoms with Crippen molar-refractivity contribution in [2.45, 2.75) is 13.1 Å². The lowest BCUT2D eigenvalue weighted by Gasteiger charge is -2.15. The fraction of sp³-hybridized carbons (Fsp3) is 0.0690. The molecule has 0 aliphatic carbocycles. The van der Waals surface area contributed by atoms with E-state index in [-0.39, 0.29) is 16.5 Å². The van der Waals surface area contributed by atoms with Crippen LogP contribution in [0, 0.1) is 0 Å². The summed E-state index contributed by atoms with van der Waals surface area (Å²) in [6.45, 7) is 0.867. The quantitative estimate of drug-likeness (QED) is 0.262. The van der Waals surface area contributed by atoms with Gasteiger partial charge in [-0.3, -0.25) is 14.7 Å². The molecule has 37 heavy (non-hydrogen) atoms. The smallest absolute Gasteiger partial charge is 0.337 e. The largest absolute Gasteiger partial charge is 0.478 e. The lowest BCUT2D eigenvalue weighted by molar-refractivity contribution is -0.122. The first-order chi connectivity index (χ1) is 18.0. The number of thioether (sulfide) groups is 1. The summed E-state index contributed by atoms with van der Waals surface area (Å²) in [5, 5.41) is 10.1. The average Bonchev–Trinajstić information content (AvgIpc) is 3.49. The topological polar surface area (TPSA) is 83.1 Å². The molecule has 5 rings (SSSR count). The number of carbonyl (C=O) groups excluding carboxylic acids is 1. The fourth-order valence-corrected chi connectivity index (χ4v) is 4.99. The fourth-order valence-electron chi connectivity index (χ4n) is 3.83. The molecule has 1 fully saturated rings. The number of hydrogen-bond acceptors (Lipinski definition) is 5. The minimum absolute atomic E-state index is 0.00665. The molecule has 6 nitrogen and oxygen atoms in total. The molecule has 0 radical (unpaired) electrons. The summed E-state index contributed by atoms with van der Waals surface area (Å²) in [7, 11) is 0. The van der Waals surface area contributed by atoms with Crippen LogP contribution in [0.25, 0.3) is 17.4 Å². The van der Waals surface area contributed by atoms with Crippen LogP contribution in [0.4, 0.5) is 0 Å². The van der Waals surface area contributed by atoms with E-state index in [1.165, 1.54) is 23.9 Å². The maximum atomic E-state index is 13.4. The van der Waals surface area contributed by atoms with Crippen molar-refractivity contribution in [1.82, 2.24) is 4.90 Å². The van der Waals surface area contributed by atoms with E-state index in [2.05, 4.69) is 0 Å². The number of carboxylic acid groups (broad SMARTS) is 1. The Morgan fingerprint density at radius 3 is 2.38 bits per heavy atom. The number of halogens is 1. The summed E-state index contributed by atoms with van der Waals surface area (Å²) < 4.78 is 5.94. The third-order valence-electron chi connectivity index (χ3n) is 5.69. The van der Waals surface area contributed by atoms with Gasteiger partial charge in [0, 0.05) is 11.6 Å². The van der Waals surface area contributed by atoms with Gasteiger partial charge in [0.15, 0.2) is 5.17 Å². The Hall–Kier alpha value is -4.07. The molecule has 2 heterocycles. The van der Waals surface area contributed by atoms with Crippen LogP contribution in [0.1, 0.15) is 27.2 Å². The standard InChI is InChI=1S/C29H21ClN2O4S/c30-24-13-11-21(15-23(24)28(34)35)25-14-12-22(36-25)16-26-27(33)32(18-20-9-5-2-6-10-20)29(37-26)31-17-19-7-3-1-4-8-19/h1-16H,17-18H2,(H,34,35)/b26-16+,31-29?. The number of furan rings is 1. The van der Waals surface area contributed by atoms with E-state index in [4.69, 9.17) is 21.0 Å². The summed E-state index contributed by atoms with van der Waals surface area (Å²) >= 11 is 7.29. The van der Waals surface area contributed by atoms with Gasteiger partial charge in [-0.2, -0.15) is 0 Å². The predicted molar refractivity (Wildman–Crippen MR) is 146 cm³/mol. The number of amides is 1. The highest BCUT2D eigenvalue weighted by Crippen LogP contribution is 2.35. The Morgan fingerprint density at radius 2 is 1.68 bits per heavy atom. The van der Waals surface area contributed by atoms with Crippen LogP contribution >= 0.6 is 23.4 Å². The van der Waals surface area contributed by atoms with E-state index in [9.17, 15) is 14.7 Å². The summed E-state index contributed by atoms with van der Waals surface area (Å²) in [5.74, 6) is -0.324. The Bertz CT molecular complexity index is 1510. The molecule has 0 bridgehead atoms. The van der Waals surface area contributed by atoms with E-state index >= 15 is 0 Å². The van der Waals surface area contributed by atoms with Gasteiger partial charge in [0.25, 0.3) is 5.91 Å². The van der Waals surface area contributed by atoms with Crippen molar-refractivity contribution in [3.8, 4) is 11.3 Å². The average molecular weight is 529 g/mol. The van der Waals surface area contributed by atoms with Crippen LogP contribution in [-0.2, 0) is 17.9 Å². The molecule has 1 saturated heterocycles. The predicted octanol–water partition coefficient (Wildman–Crippen LogP) is 6.97. The monoisotopic (exact) mass is 528 g/mol. The minimum atomic E-state index is -1.12. The van der Waals surface area contributed by atoms with Gasteiger partial charge in [0.05, 0.1) is 28.6 Å². The molecule has 8 heteroatoms. The van der Waals surface area contributed by atoms with Crippen molar-refractivity contribution in [3.05, 3.63) is 123 Å². The van der Waals surface area contributed by atoms with Crippen LogP contribution in [0.5, 0.6) is 0 Å². The second-order valence-corrected chi connectivity index (χ2v) is 9.69. The molecule has 184 valence electrons. The molecule has 1 aliphatic rings. The van der Waals surface area contributed by atoms with Gasteiger partial charge < -0.3 is 9.52 Å². The Kier molecular flexibility index (Phi) is 7.25. The van der Waals surface area contributed by atoms with Crippen molar-refractivity contribution >= 4 is 46.5 Å². The van der Waals surface area contributed by atoms with Crippen molar-refractivity contribution in [1.29, 1.82) is 0 Å². The van der Waals surface area contributed by atoms with E-state index in [1.54, 1.807) is 29.2 Å². The van der Waals surface area contributed by atoms with Crippen molar-refractivity contribution < 1.29 is 19.1 Å². The molecule has 3 aromatic carbocycles. The number of nitrogens with zero attached hydrogens (tertiary/aromatic N) is 2. The van der Waals surface area contributed by atoms with Crippen molar-refractivity contribution in [2.75, 3.05) is 0 Å². The zero-order valence-corrected chi connectivity index (χ0v) is 21.1.